The van der Waals surface area contributed by atoms with Crippen LogP contribution in [0.25, 0.3) is 16.5 Å². The van der Waals surface area contributed by atoms with Crippen LogP contribution in [-0.2, 0) is 4.79 Å². The zero-order valence-electron chi connectivity index (χ0n) is 15.1. The standard InChI is InChI=1S/C21H20N2O3S/c1-25-18-9-5-14(12-19(18)26-2)6-10-21(24)23-17-13-15(7-8-16(17)22)20-4-3-11-27-20/h3-13H,22H2,1-2H3,(H,23,24)/b10-6+. The first-order valence-corrected chi connectivity index (χ1v) is 9.13. The highest BCUT2D eigenvalue weighted by atomic mass is 32.1. The van der Waals surface area contributed by atoms with Gasteiger partial charge in [0.25, 0.3) is 0 Å². The average molecular weight is 380 g/mol. The van der Waals surface area contributed by atoms with Crippen LogP contribution >= 0.6 is 11.3 Å². The van der Waals surface area contributed by atoms with Crippen LogP contribution in [0.3, 0.4) is 0 Å². The van der Waals surface area contributed by atoms with E-state index in [1.807, 2.05) is 35.7 Å². The molecule has 1 aromatic heterocycles. The van der Waals surface area contributed by atoms with Gasteiger partial charge in [0.2, 0.25) is 5.91 Å². The van der Waals surface area contributed by atoms with E-state index < -0.39 is 0 Å². The van der Waals surface area contributed by atoms with E-state index in [0.717, 1.165) is 16.0 Å². The second-order valence-electron chi connectivity index (χ2n) is 5.72. The number of thiophene rings is 1. The van der Waals surface area contributed by atoms with E-state index in [9.17, 15) is 4.79 Å². The highest BCUT2D eigenvalue weighted by Crippen LogP contribution is 2.30. The first-order chi connectivity index (χ1) is 13.1. The number of amides is 1. The zero-order chi connectivity index (χ0) is 19.2. The Morgan fingerprint density at radius 2 is 1.89 bits per heavy atom. The van der Waals surface area contributed by atoms with Gasteiger partial charge >= 0.3 is 0 Å². The molecule has 0 atom stereocenters. The van der Waals surface area contributed by atoms with Gasteiger partial charge < -0.3 is 20.5 Å². The van der Waals surface area contributed by atoms with Crippen molar-refractivity contribution in [3.05, 3.63) is 65.6 Å². The summed E-state index contributed by atoms with van der Waals surface area (Å²) in [5.74, 6) is 0.977. The number of nitrogen functional groups attached to an aromatic ring is 1. The monoisotopic (exact) mass is 380 g/mol. The van der Waals surface area contributed by atoms with Crippen molar-refractivity contribution in [1.29, 1.82) is 0 Å². The lowest BCUT2D eigenvalue weighted by atomic mass is 10.1. The number of nitrogens with one attached hydrogen (secondary N) is 1. The fourth-order valence-corrected chi connectivity index (χ4v) is 3.29. The summed E-state index contributed by atoms with van der Waals surface area (Å²) in [5.41, 5.74) is 8.94. The Bertz CT molecular complexity index is 966. The summed E-state index contributed by atoms with van der Waals surface area (Å²) >= 11 is 1.63. The molecule has 138 valence electrons. The minimum atomic E-state index is -0.264. The predicted octanol–water partition coefficient (Wildman–Crippen LogP) is 4.67. The van der Waals surface area contributed by atoms with Gasteiger partial charge in [-0.2, -0.15) is 0 Å². The number of nitrogens with two attached hydrogens (primary N) is 1. The molecule has 0 aliphatic heterocycles. The van der Waals surface area contributed by atoms with Gasteiger partial charge in [0.05, 0.1) is 25.6 Å². The van der Waals surface area contributed by atoms with Gasteiger partial charge in [0.15, 0.2) is 11.5 Å². The molecule has 3 N–H and O–H groups in total. The Labute approximate surface area is 162 Å². The highest BCUT2D eigenvalue weighted by molar-refractivity contribution is 7.13. The van der Waals surface area contributed by atoms with Gasteiger partial charge in [0, 0.05) is 11.0 Å². The Hall–Kier alpha value is -3.25. The number of methoxy groups -OCH3 is 2. The summed E-state index contributed by atoms with van der Waals surface area (Å²) < 4.78 is 10.5. The molecule has 0 radical (unpaired) electrons. The first-order valence-electron chi connectivity index (χ1n) is 8.25. The number of hydrogen-bond donors (Lipinski definition) is 2. The van der Waals surface area contributed by atoms with Gasteiger partial charge in [-0.05, 0) is 52.9 Å². The van der Waals surface area contributed by atoms with E-state index in [1.54, 1.807) is 49.8 Å². The van der Waals surface area contributed by atoms with Crippen LogP contribution < -0.4 is 20.5 Å². The van der Waals surface area contributed by atoms with Crippen molar-refractivity contribution in [3.63, 3.8) is 0 Å². The molecular weight excluding hydrogens is 360 g/mol. The Morgan fingerprint density at radius 3 is 2.59 bits per heavy atom. The third-order valence-corrected chi connectivity index (χ3v) is 4.87. The summed E-state index contributed by atoms with van der Waals surface area (Å²) in [5, 5.41) is 4.84. The van der Waals surface area contributed by atoms with Gasteiger partial charge in [-0.15, -0.1) is 11.3 Å². The fourth-order valence-electron chi connectivity index (χ4n) is 2.56. The second-order valence-corrected chi connectivity index (χ2v) is 6.66. The maximum absolute atomic E-state index is 12.3. The molecule has 1 heterocycles. The molecule has 0 aliphatic rings. The maximum atomic E-state index is 12.3. The number of benzene rings is 2. The van der Waals surface area contributed by atoms with Gasteiger partial charge in [0.1, 0.15) is 0 Å². The molecule has 0 bridgehead atoms. The van der Waals surface area contributed by atoms with Crippen LogP contribution in [0.15, 0.2) is 60.0 Å². The predicted molar refractivity (Wildman–Crippen MR) is 111 cm³/mol. The van der Waals surface area contributed by atoms with Crippen LogP contribution in [0.2, 0.25) is 0 Å². The number of anilines is 2. The van der Waals surface area contributed by atoms with E-state index >= 15 is 0 Å². The van der Waals surface area contributed by atoms with Gasteiger partial charge in [-0.1, -0.05) is 18.2 Å². The second kappa shape index (κ2) is 8.42. The maximum Gasteiger partial charge on any atom is 0.248 e. The molecule has 0 saturated carbocycles. The van der Waals surface area contributed by atoms with Gasteiger partial charge in [-0.3, -0.25) is 4.79 Å². The molecule has 0 saturated heterocycles. The molecule has 3 rings (SSSR count). The summed E-state index contributed by atoms with van der Waals surface area (Å²) in [4.78, 5) is 13.4. The fraction of sp³-hybridized carbons (Fsp3) is 0.0952. The molecule has 6 heteroatoms. The van der Waals surface area contributed by atoms with Crippen molar-refractivity contribution in [2.45, 2.75) is 0 Å². The van der Waals surface area contributed by atoms with Crippen LogP contribution in [0.5, 0.6) is 11.5 Å². The van der Waals surface area contributed by atoms with Crippen molar-refractivity contribution in [2.24, 2.45) is 0 Å². The van der Waals surface area contributed by atoms with Crippen molar-refractivity contribution in [3.8, 4) is 21.9 Å². The lowest BCUT2D eigenvalue weighted by Gasteiger charge is -2.09. The van der Waals surface area contributed by atoms with Crippen molar-refractivity contribution >= 4 is 34.7 Å². The van der Waals surface area contributed by atoms with E-state index in [1.165, 1.54) is 6.08 Å². The van der Waals surface area contributed by atoms with Crippen molar-refractivity contribution in [2.75, 3.05) is 25.3 Å². The van der Waals surface area contributed by atoms with Crippen LogP contribution in [0.4, 0.5) is 11.4 Å². The molecule has 0 fully saturated rings. The topological polar surface area (TPSA) is 73.6 Å². The SMILES string of the molecule is COc1ccc(/C=C/C(=O)Nc2cc(-c3cccs3)ccc2N)cc1OC. The summed E-state index contributed by atoms with van der Waals surface area (Å²) in [7, 11) is 3.15. The normalized spacial score (nSPS) is 10.7. The van der Waals surface area contributed by atoms with Crippen molar-refractivity contribution < 1.29 is 14.3 Å². The summed E-state index contributed by atoms with van der Waals surface area (Å²) in [6.07, 6.45) is 3.16. The molecule has 5 nitrogen and oxygen atoms in total. The number of ether oxygens (including phenoxy) is 2. The first kappa shape index (κ1) is 18.5. The van der Waals surface area contributed by atoms with E-state index in [0.29, 0.717) is 22.9 Å². The van der Waals surface area contributed by atoms with Gasteiger partial charge in [-0.25, -0.2) is 0 Å². The van der Waals surface area contributed by atoms with Crippen molar-refractivity contribution in [1.82, 2.24) is 0 Å². The smallest absolute Gasteiger partial charge is 0.248 e. The van der Waals surface area contributed by atoms with Crippen LogP contribution in [-0.4, -0.2) is 20.1 Å². The lowest BCUT2D eigenvalue weighted by Crippen LogP contribution is -2.09. The number of hydrogen-bond acceptors (Lipinski definition) is 5. The molecule has 1 amide bonds. The third kappa shape index (κ3) is 4.48. The Balaban J connectivity index is 1.74. The third-order valence-electron chi connectivity index (χ3n) is 3.95. The summed E-state index contributed by atoms with van der Waals surface area (Å²) in [6.45, 7) is 0. The molecule has 27 heavy (non-hydrogen) atoms. The van der Waals surface area contributed by atoms with E-state index in [4.69, 9.17) is 15.2 Å². The Morgan fingerprint density at radius 1 is 1.07 bits per heavy atom. The minimum Gasteiger partial charge on any atom is -0.493 e. The number of rotatable bonds is 6. The molecule has 3 aromatic rings. The van der Waals surface area contributed by atoms with E-state index in [2.05, 4.69) is 5.32 Å². The van der Waals surface area contributed by atoms with Crippen LogP contribution in [0, 0.1) is 0 Å². The number of carbonyl (C=O) groups excluding carboxylic acids is 1. The highest BCUT2D eigenvalue weighted by Gasteiger charge is 2.07. The molecule has 0 unspecified atom stereocenters. The minimum absolute atomic E-state index is 0.264. The Kier molecular flexibility index (Phi) is 5.78. The zero-order valence-corrected chi connectivity index (χ0v) is 15.9. The number of carbonyl (C=O) groups is 1. The molecule has 0 aliphatic carbocycles. The van der Waals surface area contributed by atoms with Crippen LogP contribution in [0.1, 0.15) is 5.56 Å². The molecule has 2 aromatic carbocycles. The average Bonchev–Trinajstić information content (AvgIpc) is 3.22. The molecule has 0 spiro atoms. The molecular formula is C21H20N2O3S. The quantitative estimate of drug-likeness (QED) is 0.482. The lowest BCUT2D eigenvalue weighted by molar-refractivity contribution is -0.111. The largest absolute Gasteiger partial charge is 0.493 e. The summed E-state index contributed by atoms with van der Waals surface area (Å²) in [6, 6.07) is 15.1. The van der Waals surface area contributed by atoms with E-state index in [-0.39, 0.29) is 5.91 Å².